The van der Waals surface area contributed by atoms with Gasteiger partial charge in [0.05, 0.1) is 11.3 Å². The molecule has 0 heterocycles. The third kappa shape index (κ3) is 4.55. The van der Waals surface area contributed by atoms with Crippen molar-refractivity contribution in [3.05, 3.63) is 28.2 Å². The Bertz CT molecular complexity index is 554. The minimum absolute atomic E-state index is 0.289. The monoisotopic (exact) mass is 339 g/mol. The molecule has 0 spiro atoms. The summed E-state index contributed by atoms with van der Waals surface area (Å²) < 4.78 is 0.717. The molecule has 1 atom stereocenters. The highest BCUT2D eigenvalue weighted by atomic mass is 79.9. The number of amides is 2. The zero-order valence-corrected chi connectivity index (χ0v) is 12.4. The van der Waals surface area contributed by atoms with Crippen molar-refractivity contribution in [1.29, 1.82) is 5.26 Å². The quantitative estimate of drug-likeness (QED) is 0.767. The molecule has 106 valence electrons. The Morgan fingerprint density at radius 1 is 1.50 bits per heavy atom. The van der Waals surface area contributed by atoms with Crippen LogP contribution < -0.4 is 10.6 Å². The van der Waals surface area contributed by atoms with Crippen LogP contribution in [-0.4, -0.2) is 23.1 Å². The minimum atomic E-state index is -1.08. The third-order valence-electron chi connectivity index (χ3n) is 2.53. The van der Waals surface area contributed by atoms with Crippen LogP contribution in [0, 0.1) is 11.3 Å². The Morgan fingerprint density at radius 3 is 2.75 bits per heavy atom. The number of rotatable bonds is 5. The van der Waals surface area contributed by atoms with Crippen LogP contribution in [0.2, 0.25) is 0 Å². The lowest BCUT2D eigenvalue weighted by Crippen LogP contribution is -2.42. The highest BCUT2D eigenvalue weighted by Gasteiger charge is 2.19. The number of hydrogen-bond acceptors (Lipinski definition) is 3. The van der Waals surface area contributed by atoms with E-state index in [4.69, 9.17) is 10.4 Å². The van der Waals surface area contributed by atoms with E-state index < -0.39 is 18.0 Å². The van der Waals surface area contributed by atoms with E-state index >= 15 is 0 Å². The van der Waals surface area contributed by atoms with Gasteiger partial charge in [-0.3, -0.25) is 0 Å². The van der Waals surface area contributed by atoms with E-state index in [1.165, 1.54) is 0 Å². The van der Waals surface area contributed by atoms with E-state index in [9.17, 15) is 9.59 Å². The molecule has 0 saturated carbocycles. The highest BCUT2D eigenvalue weighted by molar-refractivity contribution is 9.10. The molecule has 0 fully saturated rings. The second-order valence-electron chi connectivity index (χ2n) is 4.08. The third-order valence-corrected chi connectivity index (χ3v) is 3.02. The number of nitriles is 1. The second-order valence-corrected chi connectivity index (χ2v) is 5.00. The fourth-order valence-electron chi connectivity index (χ4n) is 1.58. The van der Waals surface area contributed by atoms with Crippen molar-refractivity contribution < 1.29 is 14.7 Å². The predicted octanol–water partition coefficient (Wildman–Crippen LogP) is 2.70. The lowest BCUT2D eigenvalue weighted by molar-refractivity contribution is -0.139. The Hall–Kier alpha value is -2.07. The minimum Gasteiger partial charge on any atom is -0.480 e. The van der Waals surface area contributed by atoms with Crippen LogP contribution in [0.4, 0.5) is 10.5 Å². The van der Waals surface area contributed by atoms with E-state index in [0.29, 0.717) is 18.5 Å². The van der Waals surface area contributed by atoms with E-state index in [0.717, 1.165) is 4.47 Å². The number of nitrogens with zero attached hydrogens (tertiary/aromatic N) is 1. The van der Waals surface area contributed by atoms with Crippen LogP contribution in [0.25, 0.3) is 0 Å². The number of anilines is 1. The van der Waals surface area contributed by atoms with Crippen LogP contribution in [0.3, 0.4) is 0 Å². The molecule has 0 aliphatic heterocycles. The zero-order chi connectivity index (χ0) is 15.1. The van der Waals surface area contributed by atoms with Gasteiger partial charge in [-0.1, -0.05) is 29.3 Å². The molecule has 0 radical (unpaired) electrons. The number of aliphatic carboxylic acids is 1. The average Bonchev–Trinajstić information content (AvgIpc) is 2.40. The first-order valence-corrected chi connectivity index (χ1v) is 6.77. The Morgan fingerprint density at radius 2 is 2.20 bits per heavy atom. The van der Waals surface area contributed by atoms with Crippen LogP contribution in [0.15, 0.2) is 22.7 Å². The summed E-state index contributed by atoms with van der Waals surface area (Å²) in [7, 11) is 0. The molecule has 7 heteroatoms. The summed E-state index contributed by atoms with van der Waals surface area (Å²) in [6.45, 7) is 1.83. The second kappa shape index (κ2) is 7.50. The maximum absolute atomic E-state index is 11.7. The van der Waals surface area contributed by atoms with Crippen LogP contribution in [0.5, 0.6) is 0 Å². The van der Waals surface area contributed by atoms with E-state index in [1.807, 2.05) is 13.0 Å². The summed E-state index contributed by atoms with van der Waals surface area (Å²) in [5, 5.41) is 22.8. The van der Waals surface area contributed by atoms with Crippen LogP contribution >= 0.6 is 15.9 Å². The van der Waals surface area contributed by atoms with Gasteiger partial charge in [-0.15, -0.1) is 0 Å². The molecule has 1 rings (SSSR count). The first-order chi connectivity index (χ1) is 9.47. The van der Waals surface area contributed by atoms with E-state index in [2.05, 4.69) is 26.6 Å². The molecule has 1 aromatic carbocycles. The number of nitrogens with one attached hydrogen (secondary N) is 2. The standard InChI is InChI=1S/C13H14BrN3O3/c1-2-3-11(12(18)19)17-13(20)16-10-5-4-9(14)6-8(10)7-15/h4-6,11H,2-3H2,1H3,(H,18,19)(H2,16,17,20). The summed E-state index contributed by atoms with van der Waals surface area (Å²) in [5.74, 6) is -1.08. The molecule has 1 aromatic rings. The van der Waals surface area contributed by atoms with Crippen molar-refractivity contribution in [3.8, 4) is 6.07 Å². The van der Waals surface area contributed by atoms with Gasteiger partial charge in [0.15, 0.2) is 0 Å². The van der Waals surface area contributed by atoms with E-state index in [-0.39, 0.29) is 5.56 Å². The van der Waals surface area contributed by atoms with Crippen molar-refractivity contribution in [2.75, 3.05) is 5.32 Å². The summed E-state index contributed by atoms with van der Waals surface area (Å²) in [5.41, 5.74) is 0.616. The Balaban J connectivity index is 2.76. The zero-order valence-electron chi connectivity index (χ0n) is 10.8. The smallest absolute Gasteiger partial charge is 0.326 e. The molecular formula is C13H14BrN3O3. The molecule has 6 nitrogen and oxygen atoms in total. The molecule has 0 aliphatic rings. The number of carbonyl (C=O) groups excluding carboxylic acids is 1. The molecule has 20 heavy (non-hydrogen) atoms. The van der Waals surface area contributed by atoms with Crippen molar-refractivity contribution in [2.45, 2.75) is 25.8 Å². The average molecular weight is 340 g/mol. The van der Waals surface area contributed by atoms with Gasteiger partial charge < -0.3 is 15.7 Å². The van der Waals surface area contributed by atoms with Crippen LogP contribution in [0.1, 0.15) is 25.3 Å². The highest BCUT2D eigenvalue weighted by Crippen LogP contribution is 2.20. The van der Waals surface area contributed by atoms with Gasteiger partial charge in [-0.05, 0) is 24.6 Å². The molecular weight excluding hydrogens is 326 g/mol. The summed E-state index contributed by atoms with van der Waals surface area (Å²) >= 11 is 3.23. The Kier molecular flexibility index (Phi) is 6.00. The van der Waals surface area contributed by atoms with Gasteiger partial charge in [0, 0.05) is 4.47 Å². The number of benzene rings is 1. The molecule has 1 unspecified atom stereocenters. The van der Waals surface area contributed by atoms with Crippen molar-refractivity contribution in [3.63, 3.8) is 0 Å². The fraction of sp³-hybridized carbons (Fsp3) is 0.308. The number of carboxylic acid groups (broad SMARTS) is 1. The summed E-state index contributed by atoms with van der Waals surface area (Å²) in [6, 6.07) is 5.17. The Labute approximate surface area is 124 Å². The largest absolute Gasteiger partial charge is 0.480 e. The molecule has 2 amide bonds. The SMILES string of the molecule is CCCC(NC(=O)Nc1ccc(Br)cc1C#N)C(=O)O. The maximum Gasteiger partial charge on any atom is 0.326 e. The van der Waals surface area contributed by atoms with Gasteiger partial charge in [-0.25, -0.2) is 9.59 Å². The normalized spacial score (nSPS) is 11.2. The van der Waals surface area contributed by atoms with Gasteiger partial charge in [0.2, 0.25) is 0 Å². The number of halogens is 1. The van der Waals surface area contributed by atoms with Crippen molar-refractivity contribution in [2.24, 2.45) is 0 Å². The van der Waals surface area contributed by atoms with Gasteiger partial charge in [-0.2, -0.15) is 5.26 Å². The van der Waals surface area contributed by atoms with Gasteiger partial charge in [0.1, 0.15) is 12.1 Å². The van der Waals surface area contributed by atoms with Crippen molar-refractivity contribution in [1.82, 2.24) is 5.32 Å². The molecule has 0 saturated heterocycles. The number of carbonyl (C=O) groups is 2. The maximum atomic E-state index is 11.7. The predicted molar refractivity (Wildman–Crippen MR) is 77.3 cm³/mol. The fourth-order valence-corrected chi connectivity index (χ4v) is 1.94. The van der Waals surface area contributed by atoms with E-state index in [1.54, 1.807) is 18.2 Å². The lowest BCUT2D eigenvalue weighted by Gasteiger charge is -2.14. The summed E-state index contributed by atoms with van der Waals surface area (Å²) in [4.78, 5) is 22.7. The first kappa shape index (κ1) is 16.0. The molecule has 3 N–H and O–H groups in total. The topological polar surface area (TPSA) is 102 Å². The first-order valence-electron chi connectivity index (χ1n) is 5.98. The molecule has 0 aromatic heterocycles. The number of urea groups is 1. The lowest BCUT2D eigenvalue weighted by atomic mass is 10.1. The molecule has 0 bridgehead atoms. The van der Waals surface area contributed by atoms with Gasteiger partial charge >= 0.3 is 12.0 Å². The van der Waals surface area contributed by atoms with Crippen molar-refractivity contribution >= 4 is 33.6 Å². The van der Waals surface area contributed by atoms with Gasteiger partial charge in [0.25, 0.3) is 0 Å². The van der Waals surface area contributed by atoms with Crippen LogP contribution in [-0.2, 0) is 4.79 Å². The summed E-state index contributed by atoms with van der Waals surface area (Å²) in [6.07, 6.45) is 0.979. The molecule has 0 aliphatic carbocycles. The number of carboxylic acids is 1. The number of hydrogen-bond donors (Lipinski definition) is 3.